The Morgan fingerprint density at radius 3 is 2.89 bits per heavy atom. The molecule has 0 N–H and O–H groups in total. The van der Waals surface area contributed by atoms with Gasteiger partial charge in [-0.15, -0.1) is 22.7 Å². The largest absolute Gasteiger partial charge is 0.455 e. The Balaban J connectivity index is 1.53. The monoisotopic (exact) mass is 402 g/mol. The van der Waals surface area contributed by atoms with E-state index in [9.17, 15) is 9.59 Å². The van der Waals surface area contributed by atoms with Crippen molar-refractivity contribution in [3.05, 3.63) is 54.1 Å². The highest BCUT2D eigenvalue weighted by Crippen LogP contribution is 2.28. The van der Waals surface area contributed by atoms with Gasteiger partial charge in [0.1, 0.15) is 11.5 Å². The van der Waals surface area contributed by atoms with E-state index in [4.69, 9.17) is 4.74 Å². The van der Waals surface area contributed by atoms with Crippen molar-refractivity contribution < 1.29 is 9.53 Å². The maximum atomic E-state index is 12.6. The zero-order valence-electron chi connectivity index (χ0n) is 15.5. The predicted octanol–water partition coefficient (Wildman–Crippen LogP) is 4.31. The lowest BCUT2D eigenvalue weighted by Crippen LogP contribution is -2.18. The zero-order valence-corrected chi connectivity index (χ0v) is 17.2. The fourth-order valence-corrected chi connectivity index (χ4v) is 5.76. The van der Waals surface area contributed by atoms with Crippen LogP contribution in [-0.4, -0.2) is 15.4 Å². The number of hydrogen-bond donors (Lipinski definition) is 0. The summed E-state index contributed by atoms with van der Waals surface area (Å²) in [6.45, 7) is 4.17. The van der Waals surface area contributed by atoms with Crippen molar-refractivity contribution in [2.75, 3.05) is 0 Å². The third kappa shape index (κ3) is 3.58. The molecule has 7 heteroatoms. The average Bonchev–Trinajstić information content (AvgIpc) is 3.21. The Morgan fingerprint density at radius 2 is 2.07 bits per heavy atom. The lowest BCUT2D eigenvalue weighted by atomic mass is 10.0. The van der Waals surface area contributed by atoms with Crippen LogP contribution in [0, 0.1) is 6.92 Å². The lowest BCUT2D eigenvalue weighted by molar-refractivity contribution is 0.0473. The first-order valence-electron chi connectivity index (χ1n) is 9.36. The van der Waals surface area contributed by atoms with Crippen LogP contribution in [0.1, 0.15) is 62.6 Å². The molecule has 0 saturated heterocycles. The van der Waals surface area contributed by atoms with E-state index in [0.29, 0.717) is 15.5 Å². The highest BCUT2D eigenvalue weighted by molar-refractivity contribution is 7.17. The Bertz CT molecular complexity index is 1060. The van der Waals surface area contributed by atoms with Gasteiger partial charge in [-0.05, 0) is 50.7 Å². The van der Waals surface area contributed by atoms with Gasteiger partial charge in [-0.3, -0.25) is 9.20 Å². The van der Waals surface area contributed by atoms with Gasteiger partial charge in [0.2, 0.25) is 0 Å². The van der Waals surface area contributed by atoms with Gasteiger partial charge < -0.3 is 4.74 Å². The molecule has 0 radical (unpaired) electrons. The highest BCUT2D eigenvalue weighted by atomic mass is 32.1. The second-order valence-corrected chi connectivity index (χ2v) is 9.22. The first kappa shape index (κ1) is 18.4. The van der Waals surface area contributed by atoms with Crippen molar-refractivity contribution in [1.82, 2.24) is 9.38 Å². The third-order valence-corrected chi connectivity index (χ3v) is 7.12. The van der Waals surface area contributed by atoms with Crippen molar-refractivity contribution >= 4 is 33.6 Å². The van der Waals surface area contributed by atoms with Gasteiger partial charge in [0, 0.05) is 21.5 Å². The molecule has 0 bridgehead atoms. The van der Waals surface area contributed by atoms with E-state index < -0.39 is 0 Å². The number of carbonyl (C=O) groups is 1. The molecule has 0 aliphatic heterocycles. The summed E-state index contributed by atoms with van der Waals surface area (Å²) in [5.74, 6) is -0.349. The molecule has 142 valence electrons. The molecule has 1 aliphatic rings. The maximum absolute atomic E-state index is 12.6. The van der Waals surface area contributed by atoms with Gasteiger partial charge in [-0.2, -0.15) is 0 Å². The van der Waals surface area contributed by atoms with Gasteiger partial charge >= 0.3 is 5.97 Å². The quantitative estimate of drug-likeness (QED) is 0.597. The molecule has 3 heterocycles. The molecule has 1 aliphatic carbocycles. The minimum Gasteiger partial charge on any atom is -0.455 e. The summed E-state index contributed by atoms with van der Waals surface area (Å²) in [5, 5.41) is 0. The van der Waals surface area contributed by atoms with Crippen molar-refractivity contribution in [3.8, 4) is 0 Å². The van der Waals surface area contributed by atoms with Crippen LogP contribution in [-0.2, 0) is 30.6 Å². The Morgan fingerprint density at radius 1 is 1.26 bits per heavy atom. The molecule has 0 aromatic carbocycles. The number of thiophene rings is 1. The van der Waals surface area contributed by atoms with Gasteiger partial charge in [0.25, 0.3) is 5.56 Å². The topological polar surface area (TPSA) is 60.7 Å². The Kier molecular flexibility index (Phi) is 5.14. The van der Waals surface area contributed by atoms with Gasteiger partial charge in [0.15, 0.2) is 4.96 Å². The second kappa shape index (κ2) is 7.56. The summed E-state index contributed by atoms with van der Waals surface area (Å²) in [6.07, 6.45) is 6.25. The van der Waals surface area contributed by atoms with E-state index in [1.165, 1.54) is 34.3 Å². The lowest BCUT2D eigenvalue weighted by Gasteiger charge is -2.10. The van der Waals surface area contributed by atoms with Crippen LogP contribution in [0.5, 0.6) is 0 Å². The number of nitrogens with zero attached hydrogens (tertiary/aromatic N) is 2. The molecule has 0 unspecified atom stereocenters. The number of aryl methyl sites for hydroxylation is 4. The van der Waals surface area contributed by atoms with E-state index in [2.05, 4.69) is 11.9 Å². The summed E-state index contributed by atoms with van der Waals surface area (Å²) >= 11 is 3.05. The number of ether oxygens (including phenoxy) is 1. The molecule has 5 nitrogen and oxygen atoms in total. The third-order valence-electron chi connectivity index (χ3n) is 4.91. The molecule has 0 fully saturated rings. The summed E-state index contributed by atoms with van der Waals surface area (Å²) in [7, 11) is 0. The highest BCUT2D eigenvalue weighted by Gasteiger charge is 2.19. The van der Waals surface area contributed by atoms with Crippen LogP contribution >= 0.6 is 22.7 Å². The number of esters is 1. The Hall–Kier alpha value is -1.99. The molecule has 0 saturated carbocycles. The van der Waals surface area contributed by atoms with Crippen LogP contribution in [0.3, 0.4) is 0 Å². The van der Waals surface area contributed by atoms with Crippen LogP contribution in [0.15, 0.2) is 16.9 Å². The molecule has 4 rings (SSSR count). The first-order valence-corrected chi connectivity index (χ1v) is 11.0. The normalized spacial score (nSPS) is 13.7. The standard InChI is InChI=1S/C20H22N2O3S2/c1-3-6-13-9-17(26-12(13)2)19(24)25-11-14-10-18(23)22-15-7-4-5-8-16(15)27-20(22)21-14/h9-10H,3-8,11H2,1-2H3. The minimum atomic E-state index is -0.349. The SMILES string of the molecule is CCCc1cc(C(=O)OCc2cc(=O)n3c4c(sc3n2)CCCC4)sc1C. The first-order chi connectivity index (χ1) is 13.1. The summed E-state index contributed by atoms with van der Waals surface area (Å²) in [5.41, 5.74) is 2.74. The van der Waals surface area contributed by atoms with E-state index in [1.54, 1.807) is 15.7 Å². The molecule has 27 heavy (non-hydrogen) atoms. The number of thiazole rings is 1. The van der Waals surface area contributed by atoms with Gasteiger partial charge in [-0.1, -0.05) is 13.3 Å². The maximum Gasteiger partial charge on any atom is 0.348 e. The summed E-state index contributed by atoms with van der Waals surface area (Å²) in [6, 6.07) is 3.41. The minimum absolute atomic E-state index is 0.0210. The predicted molar refractivity (Wildman–Crippen MR) is 108 cm³/mol. The van der Waals surface area contributed by atoms with Crippen LogP contribution in [0.25, 0.3) is 4.96 Å². The molecule has 0 atom stereocenters. The van der Waals surface area contributed by atoms with E-state index in [1.807, 2.05) is 13.0 Å². The number of rotatable bonds is 5. The van der Waals surface area contributed by atoms with Crippen LogP contribution in [0.2, 0.25) is 0 Å². The van der Waals surface area contributed by atoms with Crippen molar-refractivity contribution in [2.45, 2.75) is 59.0 Å². The fourth-order valence-electron chi connectivity index (χ4n) is 3.56. The molecular formula is C20H22N2O3S2. The van der Waals surface area contributed by atoms with Crippen molar-refractivity contribution in [2.24, 2.45) is 0 Å². The van der Waals surface area contributed by atoms with Gasteiger partial charge in [-0.25, -0.2) is 9.78 Å². The molecular weight excluding hydrogens is 380 g/mol. The molecule has 0 amide bonds. The van der Waals surface area contributed by atoms with Crippen LogP contribution in [0.4, 0.5) is 0 Å². The summed E-state index contributed by atoms with van der Waals surface area (Å²) in [4.78, 5) is 33.2. The molecule has 3 aromatic rings. The number of aromatic nitrogens is 2. The van der Waals surface area contributed by atoms with Gasteiger partial charge in [0.05, 0.1) is 5.69 Å². The number of carbonyl (C=O) groups excluding carboxylic acids is 1. The summed E-state index contributed by atoms with van der Waals surface area (Å²) < 4.78 is 7.16. The van der Waals surface area contributed by atoms with Crippen molar-refractivity contribution in [1.29, 1.82) is 0 Å². The van der Waals surface area contributed by atoms with Crippen molar-refractivity contribution in [3.63, 3.8) is 0 Å². The second-order valence-electron chi connectivity index (χ2n) is 6.90. The molecule has 0 spiro atoms. The van der Waals surface area contributed by atoms with E-state index >= 15 is 0 Å². The average molecular weight is 403 g/mol. The van der Waals surface area contributed by atoms with E-state index in [-0.39, 0.29) is 18.1 Å². The molecule has 3 aromatic heterocycles. The Labute approximate surface area is 165 Å². The van der Waals surface area contributed by atoms with Crippen LogP contribution < -0.4 is 5.56 Å². The van der Waals surface area contributed by atoms with E-state index in [0.717, 1.165) is 42.7 Å². The number of fused-ring (bicyclic) bond motifs is 3. The zero-order chi connectivity index (χ0) is 19.0. The fraction of sp³-hybridized carbons (Fsp3) is 0.450. The smallest absolute Gasteiger partial charge is 0.348 e. The number of hydrogen-bond acceptors (Lipinski definition) is 6.